The molecule has 3 amide bonds. The summed E-state index contributed by atoms with van der Waals surface area (Å²) in [6.07, 6.45) is 5.54. The number of carbonyl (C=O) groups is 2. The van der Waals surface area contributed by atoms with Gasteiger partial charge in [0, 0.05) is 19.0 Å². The number of rotatable bonds is 1. The summed E-state index contributed by atoms with van der Waals surface area (Å²) < 4.78 is 0. The highest BCUT2D eigenvalue weighted by atomic mass is 16.2. The molecule has 82 valence electrons. The second-order valence-corrected chi connectivity index (χ2v) is 5.04. The first kappa shape index (κ1) is 9.19. The SMILES string of the molecule is O=C1CCN(C2CC3CCC2C3)C(=O)N1. The third kappa shape index (κ3) is 1.43. The van der Waals surface area contributed by atoms with Crippen molar-refractivity contribution in [1.29, 1.82) is 0 Å². The minimum Gasteiger partial charge on any atom is -0.321 e. The first-order valence-corrected chi connectivity index (χ1v) is 5.84. The lowest BCUT2D eigenvalue weighted by Gasteiger charge is -2.36. The number of hydrogen-bond acceptors (Lipinski definition) is 2. The molecule has 0 spiro atoms. The largest absolute Gasteiger partial charge is 0.324 e. The normalized spacial score (nSPS) is 39.7. The van der Waals surface area contributed by atoms with Gasteiger partial charge in [0.1, 0.15) is 0 Å². The quantitative estimate of drug-likeness (QED) is 0.702. The van der Waals surface area contributed by atoms with Gasteiger partial charge in [0.25, 0.3) is 0 Å². The fraction of sp³-hybridized carbons (Fsp3) is 0.818. The summed E-state index contributed by atoms with van der Waals surface area (Å²) in [5.74, 6) is 1.42. The van der Waals surface area contributed by atoms with E-state index >= 15 is 0 Å². The Morgan fingerprint density at radius 3 is 2.67 bits per heavy atom. The van der Waals surface area contributed by atoms with E-state index in [2.05, 4.69) is 5.32 Å². The van der Waals surface area contributed by atoms with Gasteiger partial charge in [-0.2, -0.15) is 0 Å². The second-order valence-electron chi connectivity index (χ2n) is 5.04. The van der Waals surface area contributed by atoms with Crippen molar-refractivity contribution >= 4 is 11.9 Å². The van der Waals surface area contributed by atoms with E-state index in [1.54, 1.807) is 0 Å². The average molecular weight is 208 g/mol. The van der Waals surface area contributed by atoms with Crippen LogP contribution in [0.1, 0.15) is 32.1 Å². The molecular formula is C11H16N2O2. The molecule has 3 unspecified atom stereocenters. The molecule has 0 radical (unpaired) electrons. The maximum atomic E-state index is 11.7. The van der Waals surface area contributed by atoms with Crippen molar-refractivity contribution in [2.45, 2.75) is 38.1 Å². The van der Waals surface area contributed by atoms with E-state index in [1.807, 2.05) is 4.90 Å². The van der Waals surface area contributed by atoms with Gasteiger partial charge in [0.2, 0.25) is 5.91 Å². The average Bonchev–Trinajstić information content (AvgIpc) is 2.78. The highest BCUT2D eigenvalue weighted by Crippen LogP contribution is 2.46. The minimum absolute atomic E-state index is 0.126. The smallest absolute Gasteiger partial charge is 0.321 e. The second kappa shape index (κ2) is 3.22. The van der Waals surface area contributed by atoms with Crippen LogP contribution in [0.2, 0.25) is 0 Å². The number of urea groups is 1. The van der Waals surface area contributed by atoms with Gasteiger partial charge in [-0.1, -0.05) is 6.42 Å². The molecule has 1 heterocycles. The summed E-state index contributed by atoms with van der Waals surface area (Å²) in [5.41, 5.74) is 0. The van der Waals surface area contributed by atoms with Crippen molar-refractivity contribution in [1.82, 2.24) is 10.2 Å². The Hall–Kier alpha value is -1.06. The molecule has 15 heavy (non-hydrogen) atoms. The van der Waals surface area contributed by atoms with Crippen molar-refractivity contribution in [3.8, 4) is 0 Å². The molecule has 2 saturated carbocycles. The molecule has 3 aliphatic rings. The Balaban J connectivity index is 1.72. The van der Waals surface area contributed by atoms with Crippen LogP contribution >= 0.6 is 0 Å². The zero-order valence-electron chi connectivity index (χ0n) is 8.74. The van der Waals surface area contributed by atoms with Gasteiger partial charge < -0.3 is 4.90 Å². The lowest BCUT2D eigenvalue weighted by molar-refractivity contribution is -0.121. The first-order valence-electron chi connectivity index (χ1n) is 5.84. The molecule has 1 N–H and O–H groups in total. The number of imide groups is 1. The minimum atomic E-state index is -0.163. The standard InChI is InChI=1S/C11H16N2O2/c14-10-3-4-13(11(15)12-10)9-6-7-1-2-8(9)5-7/h7-9H,1-6H2,(H,12,14,15). The fourth-order valence-corrected chi connectivity index (χ4v) is 3.49. The van der Waals surface area contributed by atoms with Crippen LogP contribution in [0.25, 0.3) is 0 Å². The fourth-order valence-electron chi connectivity index (χ4n) is 3.49. The number of hydrogen-bond donors (Lipinski definition) is 1. The number of amides is 3. The Kier molecular flexibility index (Phi) is 1.97. The molecule has 4 nitrogen and oxygen atoms in total. The molecule has 1 saturated heterocycles. The Morgan fingerprint density at radius 1 is 1.20 bits per heavy atom. The molecule has 2 aliphatic carbocycles. The zero-order valence-corrected chi connectivity index (χ0v) is 8.74. The topological polar surface area (TPSA) is 49.4 Å². The monoisotopic (exact) mass is 208 g/mol. The van der Waals surface area contributed by atoms with Crippen LogP contribution in [0.3, 0.4) is 0 Å². The van der Waals surface area contributed by atoms with Crippen molar-refractivity contribution in [3.05, 3.63) is 0 Å². The van der Waals surface area contributed by atoms with E-state index in [0.29, 0.717) is 24.9 Å². The zero-order chi connectivity index (χ0) is 10.4. The van der Waals surface area contributed by atoms with Gasteiger partial charge >= 0.3 is 6.03 Å². The maximum absolute atomic E-state index is 11.7. The summed E-state index contributed by atoms with van der Waals surface area (Å²) in [4.78, 5) is 24.6. The van der Waals surface area contributed by atoms with E-state index in [4.69, 9.17) is 0 Å². The summed E-state index contributed by atoms with van der Waals surface area (Å²) in [6.45, 7) is 0.624. The van der Waals surface area contributed by atoms with E-state index in [1.165, 1.54) is 19.3 Å². The van der Waals surface area contributed by atoms with Gasteiger partial charge in [-0.15, -0.1) is 0 Å². The highest BCUT2D eigenvalue weighted by molar-refractivity contribution is 5.96. The van der Waals surface area contributed by atoms with Crippen LogP contribution < -0.4 is 5.32 Å². The van der Waals surface area contributed by atoms with Crippen LogP contribution in [-0.2, 0) is 4.79 Å². The van der Waals surface area contributed by atoms with Gasteiger partial charge in [-0.05, 0) is 31.1 Å². The summed E-state index contributed by atoms with van der Waals surface area (Å²) in [5, 5.41) is 2.41. The third-order valence-electron chi connectivity index (χ3n) is 4.19. The molecule has 4 heteroatoms. The molecule has 1 aliphatic heterocycles. The van der Waals surface area contributed by atoms with E-state index in [9.17, 15) is 9.59 Å². The molecule has 3 rings (SSSR count). The summed E-state index contributed by atoms with van der Waals surface area (Å²) in [7, 11) is 0. The maximum Gasteiger partial charge on any atom is 0.324 e. The Morgan fingerprint density at radius 2 is 2.07 bits per heavy atom. The molecule has 3 atom stereocenters. The molecular weight excluding hydrogens is 192 g/mol. The van der Waals surface area contributed by atoms with E-state index in [0.717, 1.165) is 12.3 Å². The van der Waals surface area contributed by atoms with Gasteiger partial charge in [0.15, 0.2) is 0 Å². The molecule has 2 bridgehead atoms. The van der Waals surface area contributed by atoms with Gasteiger partial charge in [-0.25, -0.2) is 4.79 Å². The molecule has 0 aromatic carbocycles. The lowest BCUT2D eigenvalue weighted by atomic mass is 9.93. The van der Waals surface area contributed by atoms with Crippen LogP contribution in [0.5, 0.6) is 0 Å². The van der Waals surface area contributed by atoms with Crippen molar-refractivity contribution in [2.24, 2.45) is 11.8 Å². The van der Waals surface area contributed by atoms with Crippen molar-refractivity contribution in [3.63, 3.8) is 0 Å². The van der Waals surface area contributed by atoms with Gasteiger partial charge in [-0.3, -0.25) is 10.1 Å². The molecule has 0 aromatic heterocycles. The third-order valence-corrected chi connectivity index (χ3v) is 4.19. The predicted molar refractivity (Wildman–Crippen MR) is 54.1 cm³/mol. The highest BCUT2D eigenvalue weighted by Gasteiger charge is 2.44. The van der Waals surface area contributed by atoms with Crippen LogP contribution in [0.15, 0.2) is 0 Å². The number of nitrogens with one attached hydrogen (secondary N) is 1. The summed E-state index contributed by atoms with van der Waals surface area (Å²) in [6, 6.07) is 0.251. The van der Waals surface area contributed by atoms with Crippen LogP contribution in [-0.4, -0.2) is 29.4 Å². The predicted octanol–water partition coefficient (Wildman–Crippen LogP) is 1.12. The van der Waals surface area contributed by atoms with Crippen molar-refractivity contribution in [2.75, 3.05) is 6.54 Å². The number of carbonyl (C=O) groups excluding carboxylic acids is 2. The van der Waals surface area contributed by atoms with E-state index in [-0.39, 0.29) is 11.9 Å². The van der Waals surface area contributed by atoms with Gasteiger partial charge in [0.05, 0.1) is 0 Å². The Labute approximate surface area is 89.0 Å². The first-order chi connectivity index (χ1) is 7.24. The molecule has 0 aromatic rings. The van der Waals surface area contributed by atoms with Crippen LogP contribution in [0, 0.1) is 11.8 Å². The number of nitrogens with zero attached hydrogens (tertiary/aromatic N) is 1. The Bertz CT molecular complexity index is 316. The molecule has 3 fully saturated rings. The summed E-state index contributed by atoms with van der Waals surface area (Å²) >= 11 is 0. The van der Waals surface area contributed by atoms with E-state index < -0.39 is 0 Å². The lowest BCUT2D eigenvalue weighted by Crippen LogP contribution is -2.54. The van der Waals surface area contributed by atoms with Crippen molar-refractivity contribution < 1.29 is 9.59 Å². The number of fused-ring (bicyclic) bond motifs is 2. The van der Waals surface area contributed by atoms with Crippen LogP contribution in [0.4, 0.5) is 4.79 Å².